The predicted molar refractivity (Wildman–Crippen MR) is 399 cm³/mol. The molecule has 0 aliphatic rings. The number of rotatable bonds is 78. The topological polar surface area (TPSA) is 111 Å². The maximum Gasteiger partial charge on any atom is 0.306 e. The molecule has 0 spiro atoms. The molecule has 0 aliphatic heterocycles. The smallest absolute Gasteiger partial charge is 0.306 e. The number of nitrogens with zero attached hydrogens (tertiary/aromatic N) is 1. The summed E-state index contributed by atoms with van der Waals surface area (Å²) in [5, 5.41) is 11.9. The molecule has 0 radical (unpaired) electrons. The molecule has 0 heterocycles. The van der Waals surface area contributed by atoms with E-state index >= 15 is 0 Å². The summed E-state index contributed by atoms with van der Waals surface area (Å²) < 4.78 is 22.9. The quantitative estimate of drug-likeness (QED) is 0.0195. The summed E-state index contributed by atoms with van der Waals surface area (Å²) in [5.74, 6) is -2.25. The van der Waals surface area contributed by atoms with Crippen molar-refractivity contribution in [3.63, 3.8) is 0 Å². The Bertz CT molecular complexity index is 1620. The molecule has 0 saturated heterocycles. The van der Waals surface area contributed by atoms with E-state index in [0.717, 1.165) is 44.9 Å². The summed E-state index contributed by atoms with van der Waals surface area (Å²) in [6.45, 7) is 4.82. The van der Waals surface area contributed by atoms with Crippen molar-refractivity contribution in [3.05, 3.63) is 36.5 Å². The summed E-state index contributed by atoms with van der Waals surface area (Å²) in [7, 11) is 5.95. The van der Waals surface area contributed by atoms with Crippen molar-refractivity contribution in [2.24, 2.45) is 0 Å². The first-order valence-corrected chi connectivity index (χ1v) is 41.1. The fourth-order valence-corrected chi connectivity index (χ4v) is 12.6. The lowest BCUT2D eigenvalue weighted by molar-refractivity contribution is -0.870. The molecular formula is C84H159NO8. The number of unbranched alkanes of at least 4 members (excludes halogenated alkanes) is 57. The van der Waals surface area contributed by atoms with Crippen molar-refractivity contribution in [1.29, 1.82) is 0 Å². The van der Waals surface area contributed by atoms with Crippen LogP contribution < -0.4 is 5.11 Å². The van der Waals surface area contributed by atoms with E-state index < -0.39 is 24.3 Å². The first-order chi connectivity index (χ1) is 45.6. The van der Waals surface area contributed by atoms with Gasteiger partial charge in [0.2, 0.25) is 0 Å². The van der Waals surface area contributed by atoms with Gasteiger partial charge in [0, 0.05) is 12.8 Å². The molecule has 0 amide bonds. The van der Waals surface area contributed by atoms with E-state index in [1.54, 1.807) is 0 Å². The van der Waals surface area contributed by atoms with Crippen LogP contribution in [-0.4, -0.2) is 82.3 Å². The van der Waals surface area contributed by atoms with Crippen LogP contribution in [0.15, 0.2) is 36.5 Å². The van der Waals surface area contributed by atoms with E-state index in [4.69, 9.17) is 18.9 Å². The minimum atomic E-state index is -1.62. The molecule has 2 unspecified atom stereocenters. The monoisotopic (exact) mass is 1310 g/mol. The van der Waals surface area contributed by atoms with Crippen molar-refractivity contribution < 1.29 is 42.9 Å². The molecule has 0 bridgehead atoms. The first kappa shape index (κ1) is 90.5. The van der Waals surface area contributed by atoms with Crippen molar-refractivity contribution in [3.8, 4) is 0 Å². The van der Waals surface area contributed by atoms with Crippen LogP contribution >= 0.6 is 0 Å². The number of quaternary nitrogens is 1. The van der Waals surface area contributed by atoms with Gasteiger partial charge < -0.3 is 33.3 Å². The van der Waals surface area contributed by atoms with E-state index in [9.17, 15) is 19.5 Å². The number of likely N-dealkylation sites (N-methyl/N-ethyl adjacent to an activating group) is 1. The fraction of sp³-hybridized carbons (Fsp3) is 0.893. The Morgan fingerprint density at radius 3 is 0.860 bits per heavy atom. The third-order valence-corrected chi connectivity index (χ3v) is 18.9. The molecule has 9 heteroatoms. The van der Waals surface area contributed by atoms with Gasteiger partial charge in [-0.2, -0.15) is 0 Å². The number of carboxylic acid groups (broad SMARTS) is 1. The normalized spacial score (nSPS) is 12.7. The maximum atomic E-state index is 13.0. The van der Waals surface area contributed by atoms with Crippen LogP contribution in [0.1, 0.15) is 425 Å². The number of ether oxygens (including phenoxy) is 4. The summed E-state index contributed by atoms with van der Waals surface area (Å²) >= 11 is 0. The van der Waals surface area contributed by atoms with Gasteiger partial charge in [0.25, 0.3) is 0 Å². The summed E-state index contributed by atoms with van der Waals surface area (Å²) in [4.78, 5) is 37.6. The average Bonchev–Trinajstić information content (AvgIpc) is 3.38. The number of esters is 2. The van der Waals surface area contributed by atoms with Crippen LogP contribution in [0.4, 0.5) is 0 Å². The Morgan fingerprint density at radius 1 is 0.323 bits per heavy atom. The zero-order chi connectivity index (χ0) is 67.5. The SMILES string of the molecule is CCCCCCC/C=C\C/C=C\CCCCCCCCCCCCCCCCCCCCCCCCCCCCCCCC(=O)OC(COC(=O)CCCCCCCCCCCCCCCCC/C=C\CCCCCCCCCC)COC(OCC[N+](C)(C)C)C(=O)[O-]. The zero-order valence-electron chi connectivity index (χ0n) is 62.9. The molecule has 0 aromatic heterocycles. The van der Waals surface area contributed by atoms with E-state index in [1.165, 1.54) is 353 Å². The lowest BCUT2D eigenvalue weighted by atomic mass is 10.0. The molecule has 548 valence electrons. The minimum Gasteiger partial charge on any atom is -0.545 e. The standard InChI is InChI=1S/C84H159NO8/c1-6-8-10-12-14-16-18-20-22-24-26-28-30-32-34-35-36-37-38-39-40-41-42-43-44-45-46-47-49-51-53-55-57-59-61-63-65-67-69-71-73-75-82(87)93-80(79-92-84(83(88)89)90-77-76-85(3,4)5)78-91-81(86)74-72-70-68-66-64-62-60-58-56-54-52-50-48-33-31-29-27-25-23-21-19-17-15-13-11-9-7-2/h18,20,24-27,80,84H,6-17,19,21-23,28-79H2,1-5H3/b20-18-,26-24-,27-25-. The number of aliphatic carboxylic acids is 1. The van der Waals surface area contributed by atoms with E-state index in [-0.39, 0.29) is 32.2 Å². The predicted octanol–water partition coefficient (Wildman–Crippen LogP) is 24.9. The molecule has 0 fully saturated rings. The molecule has 0 rings (SSSR count). The van der Waals surface area contributed by atoms with Gasteiger partial charge in [-0.3, -0.25) is 9.59 Å². The Labute approximate surface area is 579 Å². The second kappa shape index (κ2) is 75.3. The second-order valence-corrected chi connectivity index (χ2v) is 29.4. The van der Waals surface area contributed by atoms with E-state index in [0.29, 0.717) is 17.4 Å². The van der Waals surface area contributed by atoms with E-state index in [2.05, 4.69) is 50.3 Å². The Kier molecular flexibility index (Phi) is 73.3. The third-order valence-electron chi connectivity index (χ3n) is 18.9. The number of hydrogen-bond donors (Lipinski definition) is 0. The molecule has 2 atom stereocenters. The summed E-state index contributed by atoms with van der Waals surface area (Å²) in [6, 6.07) is 0. The molecule has 0 saturated carbocycles. The molecule has 93 heavy (non-hydrogen) atoms. The number of carbonyl (C=O) groups excluding carboxylic acids is 3. The first-order valence-electron chi connectivity index (χ1n) is 41.1. The maximum absolute atomic E-state index is 13.0. The van der Waals surface area contributed by atoms with Gasteiger partial charge in [0.05, 0.1) is 40.3 Å². The Morgan fingerprint density at radius 2 is 0.581 bits per heavy atom. The summed E-state index contributed by atoms with van der Waals surface area (Å²) in [6.07, 6.45) is 94.3. The van der Waals surface area contributed by atoms with Crippen LogP contribution in [0.3, 0.4) is 0 Å². The lowest BCUT2D eigenvalue weighted by Crippen LogP contribution is -2.44. The minimum absolute atomic E-state index is 0.151. The van der Waals surface area contributed by atoms with Gasteiger partial charge in [-0.25, -0.2) is 0 Å². The van der Waals surface area contributed by atoms with Gasteiger partial charge in [0.1, 0.15) is 13.2 Å². The number of carboxylic acids is 1. The van der Waals surface area contributed by atoms with Crippen molar-refractivity contribution >= 4 is 17.9 Å². The van der Waals surface area contributed by atoms with Gasteiger partial charge in [-0.05, 0) is 70.6 Å². The highest BCUT2D eigenvalue weighted by Crippen LogP contribution is 2.20. The third kappa shape index (κ3) is 76.7. The van der Waals surface area contributed by atoms with Gasteiger partial charge in [-0.1, -0.05) is 378 Å². The highest BCUT2D eigenvalue weighted by atomic mass is 16.7. The highest BCUT2D eigenvalue weighted by molar-refractivity contribution is 5.70. The molecule has 0 N–H and O–H groups in total. The lowest BCUT2D eigenvalue weighted by Gasteiger charge is -2.26. The fourth-order valence-electron chi connectivity index (χ4n) is 12.6. The molecule has 0 aromatic rings. The van der Waals surface area contributed by atoms with Crippen LogP contribution in [0.2, 0.25) is 0 Å². The van der Waals surface area contributed by atoms with Crippen LogP contribution in [0, 0.1) is 0 Å². The highest BCUT2D eigenvalue weighted by Gasteiger charge is 2.22. The van der Waals surface area contributed by atoms with Gasteiger partial charge >= 0.3 is 11.9 Å². The van der Waals surface area contributed by atoms with Crippen molar-refractivity contribution in [2.45, 2.75) is 437 Å². The van der Waals surface area contributed by atoms with Gasteiger partial charge in [-0.15, -0.1) is 0 Å². The number of carbonyl (C=O) groups is 3. The van der Waals surface area contributed by atoms with Crippen molar-refractivity contribution in [1.82, 2.24) is 0 Å². The van der Waals surface area contributed by atoms with Crippen molar-refractivity contribution in [2.75, 3.05) is 47.5 Å². The second-order valence-electron chi connectivity index (χ2n) is 29.4. The van der Waals surface area contributed by atoms with Crippen LogP contribution in [0.5, 0.6) is 0 Å². The number of allylic oxidation sites excluding steroid dienone is 6. The number of hydrogen-bond acceptors (Lipinski definition) is 8. The van der Waals surface area contributed by atoms with Gasteiger partial charge in [0.15, 0.2) is 12.4 Å². The molecule has 9 nitrogen and oxygen atoms in total. The Balaban J connectivity index is 3.92. The van der Waals surface area contributed by atoms with Crippen LogP contribution in [0.25, 0.3) is 0 Å². The Hall–Kier alpha value is -2.49. The molecule has 0 aliphatic carbocycles. The molecular weight excluding hydrogens is 1150 g/mol. The zero-order valence-corrected chi connectivity index (χ0v) is 62.9. The molecule has 0 aromatic carbocycles. The average molecular weight is 1310 g/mol. The largest absolute Gasteiger partial charge is 0.545 e. The van der Waals surface area contributed by atoms with E-state index in [1.807, 2.05) is 21.1 Å². The van der Waals surface area contributed by atoms with Crippen LogP contribution in [-0.2, 0) is 33.3 Å². The summed E-state index contributed by atoms with van der Waals surface area (Å²) in [5.41, 5.74) is 0.